The van der Waals surface area contributed by atoms with E-state index in [2.05, 4.69) is 22.6 Å². The van der Waals surface area contributed by atoms with E-state index in [-0.39, 0.29) is 29.4 Å². The van der Waals surface area contributed by atoms with Crippen molar-refractivity contribution < 1.29 is 31.4 Å². The number of hydrogen-bond donors (Lipinski definition) is 1. The Kier molecular flexibility index (Phi) is 7.28. The third kappa shape index (κ3) is 4.34. The summed E-state index contributed by atoms with van der Waals surface area (Å²) in [5.41, 5.74) is 3.76. The van der Waals surface area contributed by atoms with Gasteiger partial charge in [-0.2, -0.15) is 4.57 Å². The van der Waals surface area contributed by atoms with Gasteiger partial charge in [0.25, 0.3) is 0 Å². The van der Waals surface area contributed by atoms with E-state index in [1.54, 1.807) is 11.3 Å². The van der Waals surface area contributed by atoms with Crippen LogP contribution >= 0.6 is 33.9 Å². The molecule has 0 radical (unpaired) electrons. The molecule has 1 N–H and O–H groups in total. The monoisotopic (exact) mass is 467 g/mol. The van der Waals surface area contributed by atoms with Gasteiger partial charge in [0.1, 0.15) is 0 Å². The first-order valence-electron chi connectivity index (χ1n) is 5.98. The maximum Gasteiger partial charge on any atom is 0.227 e. The minimum Gasteiger partial charge on any atom is -1.00 e. The smallest absolute Gasteiger partial charge is 0.227 e. The summed E-state index contributed by atoms with van der Waals surface area (Å²) in [6.07, 6.45) is 0.654. The highest BCUT2D eigenvalue weighted by atomic mass is 127. The van der Waals surface area contributed by atoms with Crippen LogP contribution in [0.4, 0.5) is 0 Å². The van der Waals surface area contributed by atoms with E-state index in [9.17, 15) is 4.79 Å². The number of aromatic nitrogens is 1. The van der Waals surface area contributed by atoms with Crippen LogP contribution in [0.5, 0.6) is 0 Å². The lowest BCUT2D eigenvalue weighted by molar-refractivity contribution is -0.684. The molecule has 0 aliphatic heterocycles. The molecule has 0 spiro atoms. The van der Waals surface area contributed by atoms with Crippen molar-refractivity contribution in [2.75, 3.05) is 6.61 Å². The highest BCUT2D eigenvalue weighted by molar-refractivity contribution is 14.1. The molecule has 0 saturated carbocycles. The zero-order chi connectivity index (χ0) is 13.8. The molecule has 2 rings (SSSR count). The van der Waals surface area contributed by atoms with Gasteiger partial charge in [0, 0.05) is 29.1 Å². The van der Waals surface area contributed by atoms with Crippen LogP contribution in [0.3, 0.4) is 0 Å². The molecule has 1 aromatic carbocycles. The van der Waals surface area contributed by atoms with E-state index >= 15 is 0 Å². The van der Waals surface area contributed by atoms with E-state index < -0.39 is 0 Å². The average Bonchev–Trinajstić information content (AvgIpc) is 2.73. The molecule has 0 atom stereocenters. The van der Waals surface area contributed by atoms with Gasteiger partial charge in [-0.1, -0.05) is 23.5 Å². The van der Waals surface area contributed by atoms with E-state index in [1.165, 1.54) is 0 Å². The fraction of sp³-hybridized carbons (Fsp3) is 0.286. The lowest BCUT2D eigenvalue weighted by atomic mass is 10.1. The van der Waals surface area contributed by atoms with Crippen molar-refractivity contribution in [3.8, 4) is 0 Å². The van der Waals surface area contributed by atoms with Crippen molar-refractivity contribution in [3.05, 3.63) is 49.5 Å². The largest absolute Gasteiger partial charge is 1.00 e. The summed E-state index contributed by atoms with van der Waals surface area (Å²) >= 11 is 3.81. The van der Waals surface area contributed by atoms with Crippen LogP contribution in [0, 0.1) is 10.5 Å². The maximum atomic E-state index is 12.2. The first-order valence-corrected chi connectivity index (χ1v) is 7.93. The molecule has 108 valence electrons. The summed E-state index contributed by atoms with van der Waals surface area (Å²) in [4.78, 5) is 13.3. The van der Waals surface area contributed by atoms with Gasteiger partial charge >= 0.3 is 0 Å². The standard InChI is InChI=1S/C14H15INO2S.BrH/c1-10-14(6-7-17)19-9-16(10)8-13(18)11-2-4-12(15)5-3-11;/h2-5,9,17H,6-8H2,1H3;1H/q+1;/p-1. The van der Waals surface area contributed by atoms with Gasteiger partial charge in [-0.05, 0) is 34.7 Å². The Labute approximate surface area is 146 Å². The van der Waals surface area contributed by atoms with E-state index in [4.69, 9.17) is 5.11 Å². The lowest BCUT2D eigenvalue weighted by Gasteiger charge is -1.98. The molecule has 0 amide bonds. The highest BCUT2D eigenvalue weighted by Crippen LogP contribution is 2.12. The van der Waals surface area contributed by atoms with E-state index in [1.807, 2.05) is 41.3 Å². The first kappa shape index (κ1) is 17.7. The molecule has 20 heavy (non-hydrogen) atoms. The number of carbonyl (C=O) groups is 1. The zero-order valence-electron chi connectivity index (χ0n) is 11.0. The van der Waals surface area contributed by atoms with Crippen molar-refractivity contribution in [1.82, 2.24) is 0 Å². The van der Waals surface area contributed by atoms with E-state index in [0.29, 0.717) is 13.0 Å². The van der Waals surface area contributed by atoms with Crippen LogP contribution in [0.15, 0.2) is 29.8 Å². The van der Waals surface area contributed by atoms with Gasteiger partial charge in [-0.25, -0.2) is 0 Å². The number of ketones is 1. The van der Waals surface area contributed by atoms with Crippen LogP contribution in [-0.2, 0) is 13.0 Å². The van der Waals surface area contributed by atoms with Crippen molar-refractivity contribution >= 4 is 39.7 Å². The van der Waals surface area contributed by atoms with Crippen LogP contribution in [0.25, 0.3) is 0 Å². The van der Waals surface area contributed by atoms with Gasteiger partial charge < -0.3 is 22.1 Å². The molecule has 6 heteroatoms. The quantitative estimate of drug-likeness (QED) is 0.361. The molecular weight excluding hydrogens is 453 g/mol. The summed E-state index contributed by atoms with van der Waals surface area (Å²) in [5, 5.41) is 8.97. The number of Topliss-reactive ketones (excluding diaryl/α,β-unsaturated/α-hetero) is 1. The number of benzene rings is 1. The van der Waals surface area contributed by atoms with Crippen molar-refractivity contribution in [2.45, 2.75) is 19.9 Å². The highest BCUT2D eigenvalue weighted by Gasteiger charge is 2.19. The Morgan fingerprint density at radius 1 is 1.35 bits per heavy atom. The number of rotatable bonds is 5. The fourth-order valence-electron chi connectivity index (χ4n) is 1.83. The van der Waals surface area contributed by atoms with Crippen LogP contribution in [0.2, 0.25) is 0 Å². The van der Waals surface area contributed by atoms with Gasteiger partial charge in [0.2, 0.25) is 17.8 Å². The molecule has 0 fully saturated rings. The lowest BCUT2D eigenvalue weighted by Crippen LogP contribution is -3.00. The number of halogens is 2. The Morgan fingerprint density at radius 2 is 2.00 bits per heavy atom. The third-order valence-electron chi connectivity index (χ3n) is 2.98. The van der Waals surface area contributed by atoms with Crippen molar-refractivity contribution in [2.24, 2.45) is 0 Å². The van der Waals surface area contributed by atoms with Crippen LogP contribution in [-0.4, -0.2) is 17.5 Å². The number of thiazole rings is 1. The van der Waals surface area contributed by atoms with Crippen LogP contribution in [0.1, 0.15) is 20.9 Å². The predicted molar refractivity (Wildman–Crippen MR) is 83.5 cm³/mol. The Morgan fingerprint density at radius 3 is 2.60 bits per heavy atom. The molecule has 0 saturated heterocycles. The van der Waals surface area contributed by atoms with E-state index in [0.717, 1.165) is 19.7 Å². The Bertz CT molecular complexity index is 583. The molecule has 2 aromatic rings. The second-order valence-corrected chi connectivity index (χ2v) is 6.45. The minimum absolute atomic E-state index is 0. The maximum absolute atomic E-state index is 12.2. The average molecular weight is 468 g/mol. The fourth-order valence-corrected chi connectivity index (χ4v) is 3.17. The van der Waals surface area contributed by atoms with Crippen molar-refractivity contribution in [3.63, 3.8) is 0 Å². The first-order chi connectivity index (χ1) is 9.11. The van der Waals surface area contributed by atoms with Crippen molar-refractivity contribution in [1.29, 1.82) is 0 Å². The molecule has 0 aliphatic rings. The molecule has 0 unspecified atom stereocenters. The summed E-state index contributed by atoms with van der Waals surface area (Å²) in [6, 6.07) is 7.61. The molecular formula is C14H15BrINO2S. The summed E-state index contributed by atoms with van der Waals surface area (Å²) in [5.74, 6) is 0.109. The molecule has 1 heterocycles. The molecule has 0 aliphatic carbocycles. The SMILES string of the molecule is Cc1c(CCO)sc[n+]1CC(=O)c1ccc(I)cc1.[Br-]. The summed E-state index contributed by atoms with van der Waals surface area (Å²) in [6.45, 7) is 2.49. The van der Waals surface area contributed by atoms with Gasteiger partial charge in [0.15, 0.2) is 5.69 Å². The van der Waals surface area contributed by atoms with Gasteiger partial charge in [0.05, 0.1) is 4.88 Å². The number of hydrogen-bond acceptors (Lipinski definition) is 3. The summed E-state index contributed by atoms with van der Waals surface area (Å²) in [7, 11) is 0. The number of carbonyl (C=O) groups excluding carboxylic acids is 1. The van der Waals surface area contributed by atoms with Gasteiger partial charge in [-0.15, -0.1) is 0 Å². The minimum atomic E-state index is 0. The molecule has 1 aromatic heterocycles. The second-order valence-electron chi connectivity index (χ2n) is 4.26. The Balaban J connectivity index is 0.00000200. The normalized spacial score (nSPS) is 10.2. The molecule has 0 bridgehead atoms. The predicted octanol–water partition coefficient (Wildman–Crippen LogP) is -0.630. The van der Waals surface area contributed by atoms with Gasteiger partial charge in [-0.3, -0.25) is 4.79 Å². The summed E-state index contributed by atoms with van der Waals surface area (Å²) < 4.78 is 3.08. The second kappa shape index (κ2) is 8.21. The third-order valence-corrected chi connectivity index (χ3v) is 4.84. The van der Waals surface area contributed by atoms with Crippen LogP contribution < -0.4 is 21.5 Å². The molecule has 3 nitrogen and oxygen atoms in total. The number of nitrogens with zero attached hydrogens (tertiary/aromatic N) is 1. The zero-order valence-corrected chi connectivity index (χ0v) is 15.5. The Hall–Kier alpha value is -0.310. The number of aliphatic hydroxyl groups excluding tert-OH is 1. The number of aliphatic hydroxyl groups is 1. The topological polar surface area (TPSA) is 41.2 Å².